The first kappa shape index (κ1) is 17.0. The highest BCUT2D eigenvalue weighted by atomic mass is 16.6. The number of nitro groups is 1. The van der Waals surface area contributed by atoms with E-state index in [0.29, 0.717) is 22.6 Å². The summed E-state index contributed by atoms with van der Waals surface area (Å²) in [5.74, 6) is 1.22. The summed E-state index contributed by atoms with van der Waals surface area (Å²) in [5.41, 5.74) is 3.26. The minimum atomic E-state index is -0.495. The average molecular weight is 386 g/mol. The summed E-state index contributed by atoms with van der Waals surface area (Å²) in [6, 6.07) is 20.0. The van der Waals surface area contributed by atoms with Crippen LogP contribution in [0.3, 0.4) is 0 Å². The number of hydrogen-bond donors (Lipinski definition) is 0. The van der Waals surface area contributed by atoms with Crippen molar-refractivity contribution >= 4 is 27.8 Å². The van der Waals surface area contributed by atoms with E-state index in [2.05, 4.69) is 4.98 Å². The van der Waals surface area contributed by atoms with Gasteiger partial charge in [0.05, 0.1) is 12.0 Å². The van der Waals surface area contributed by atoms with Gasteiger partial charge in [0.1, 0.15) is 16.9 Å². The van der Waals surface area contributed by atoms with Gasteiger partial charge in [0.2, 0.25) is 5.89 Å². The van der Waals surface area contributed by atoms with E-state index in [0.717, 1.165) is 22.3 Å². The second-order valence-corrected chi connectivity index (χ2v) is 6.49. The van der Waals surface area contributed by atoms with Crippen LogP contribution >= 0.6 is 0 Å². The fourth-order valence-electron chi connectivity index (χ4n) is 3.29. The van der Waals surface area contributed by atoms with Gasteiger partial charge in [-0.2, -0.15) is 0 Å². The monoisotopic (exact) mass is 386 g/mol. The number of aromatic nitrogens is 1. The lowest BCUT2D eigenvalue weighted by molar-refractivity contribution is -0.385. The smallest absolute Gasteiger partial charge is 0.311 e. The van der Waals surface area contributed by atoms with E-state index < -0.39 is 4.92 Å². The minimum absolute atomic E-state index is 0.143. The van der Waals surface area contributed by atoms with Gasteiger partial charge in [0.15, 0.2) is 11.3 Å². The van der Waals surface area contributed by atoms with Crippen molar-refractivity contribution in [1.82, 2.24) is 4.98 Å². The molecular weight excluding hydrogens is 372 g/mol. The van der Waals surface area contributed by atoms with Crippen molar-refractivity contribution in [2.24, 2.45) is 0 Å². The van der Waals surface area contributed by atoms with Crippen LogP contribution in [0.5, 0.6) is 5.75 Å². The molecule has 0 spiro atoms. The predicted molar refractivity (Wildman–Crippen MR) is 108 cm³/mol. The van der Waals surface area contributed by atoms with Crippen LogP contribution in [0.25, 0.3) is 44.8 Å². The number of furan rings is 1. The largest absolute Gasteiger partial charge is 0.490 e. The van der Waals surface area contributed by atoms with Gasteiger partial charge < -0.3 is 13.6 Å². The molecule has 0 atom stereocenters. The lowest BCUT2D eigenvalue weighted by atomic mass is 10.1. The maximum Gasteiger partial charge on any atom is 0.311 e. The Morgan fingerprint density at radius 3 is 2.55 bits per heavy atom. The number of oxazole rings is 1. The van der Waals surface area contributed by atoms with Gasteiger partial charge >= 0.3 is 5.69 Å². The van der Waals surface area contributed by atoms with Crippen LogP contribution in [0.15, 0.2) is 75.6 Å². The third-order valence-electron chi connectivity index (χ3n) is 4.72. The van der Waals surface area contributed by atoms with Crippen LogP contribution in [-0.4, -0.2) is 17.0 Å². The zero-order valence-electron chi connectivity index (χ0n) is 15.3. The molecule has 0 unspecified atom stereocenters. The molecule has 2 aromatic heterocycles. The minimum Gasteiger partial charge on any atom is -0.490 e. The number of para-hydroxylation sites is 1. The Morgan fingerprint density at radius 1 is 0.931 bits per heavy atom. The highest BCUT2D eigenvalue weighted by Gasteiger charge is 2.18. The molecule has 0 amide bonds. The second kappa shape index (κ2) is 6.49. The topological polar surface area (TPSA) is 91.5 Å². The number of methoxy groups -OCH3 is 1. The van der Waals surface area contributed by atoms with E-state index in [1.165, 1.54) is 19.2 Å². The van der Waals surface area contributed by atoms with Crippen LogP contribution in [0.2, 0.25) is 0 Å². The van der Waals surface area contributed by atoms with Gasteiger partial charge in [0, 0.05) is 22.6 Å². The molecule has 3 aromatic carbocycles. The first-order valence-corrected chi connectivity index (χ1v) is 8.85. The molecule has 0 N–H and O–H groups in total. The Hall–Kier alpha value is -4.13. The maximum absolute atomic E-state index is 11.3. The van der Waals surface area contributed by atoms with E-state index in [1.54, 1.807) is 6.07 Å². The molecule has 142 valence electrons. The van der Waals surface area contributed by atoms with Crippen molar-refractivity contribution < 1.29 is 18.5 Å². The fraction of sp³-hybridized carbons (Fsp3) is 0.0455. The molecule has 5 rings (SSSR count). The molecule has 7 heteroatoms. The zero-order chi connectivity index (χ0) is 20.0. The van der Waals surface area contributed by atoms with Gasteiger partial charge in [0.25, 0.3) is 0 Å². The Kier molecular flexibility index (Phi) is 3.80. The van der Waals surface area contributed by atoms with Crippen LogP contribution in [0.4, 0.5) is 5.69 Å². The first-order valence-electron chi connectivity index (χ1n) is 8.85. The quantitative estimate of drug-likeness (QED) is 0.285. The van der Waals surface area contributed by atoms with Crippen molar-refractivity contribution in [3.8, 4) is 28.5 Å². The van der Waals surface area contributed by atoms with Crippen LogP contribution in [0.1, 0.15) is 0 Å². The molecule has 0 bridgehead atoms. The lowest BCUT2D eigenvalue weighted by Gasteiger charge is -2.02. The van der Waals surface area contributed by atoms with Gasteiger partial charge in [-0.25, -0.2) is 4.98 Å². The number of hydrogen-bond acceptors (Lipinski definition) is 6. The Morgan fingerprint density at radius 2 is 1.76 bits per heavy atom. The Labute approximate surface area is 164 Å². The van der Waals surface area contributed by atoms with Gasteiger partial charge in [-0.1, -0.05) is 18.2 Å². The zero-order valence-corrected chi connectivity index (χ0v) is 15.3. The normalized spacial score (nSPS) is 11.2. The van der Waals surface area contributed by atoms with Crippen molar-refractivity contribution in [2.75, 3.05) is 7.11 Å². The third-order valence-corrected chi connectivity index (χ3v) is 4.72. The van der Waals surface area contributed by atoms with Gasteiger partial charge in [-0.05, 0) is 42.5 Å². The van der Waals surface area contributed by atoms with Crippen molar-refractivity contribution in [2.45, 2.75) is 0 Å². The fourth-order valence-corrected chi connectivity index (χ4v) is 3.29. The molecule has 0 radical (unpaired) electrons. The SMILES string of the molecule is COc1ccc(-c2nc3cc(-c4cc5ccccc5o4)ccc3o2)cc1[N+](=O)[O-]. The number of nitro benzene ring substituents is 1. The number of nitrogens with zero attached hydrogens (tertiary/aromatic N) is 2. The Bertz CT molecular complexity index is 1350. The summed E-state index contributed by atoms with van der Waals surface area (Å²) in [4.78, 5) is 15.3. The van der Waals surface area contributed by atoms with E-state index in [1.807, 2.05) is 48.5 Å². The van der Waals surface area contributed by atoms with Crippen molar-refractivity contribution in [3.63, 3.8) is 0 Å². The van der Waals surface area contributed by atoms with Crippen LogP contribution in [-0.2, 0) is 0 Å². The number of ether oxygens (including phenoxy) is 1. The van der Waals surface area contributed by atoms with E-state index in [-0.39, 0.29) is 11.4 Å². The molecule has 0 saturated heterocycles. The Balaban J connectivity index is 1.58. The maximum atomic E-state index is 11.3. The molecule has 7 nitrogen and oxygen atoms in total. The molecule has 0 aliphatic heterocycles. The standard InChI is InChI=1S/C22H14N2O5/c1-27-20-9-7-15(11-17(20)24(25)26)22-23-16-10-14(6-8-19(16)29-22)21-12-13-4-2-3-5-18(13)28-21/h2-12H,1H3. The molecule has 0 fully saturated rings. The molecule has 29 heavy (non-hydrogen) atoms. The summed E-state index contributed by atoms with van der Waals surface area (Å²) >= 11 is 0. The summed E-state index contributed by atoms with van der Waals surface area (Å²) in [6.45, 7) is 0. The second-order valence-electron chi connectivity index (χ2n) is 6.49. The van der Waals surface area contributed by atoms with Crippen molar-refractivity contribution in [3.05, 3.63) is 76.8 Å². The summed E-state index contributed by atoms with van der Waals surface area (Å²) in [7, 11) is 1.39. The number of benzene rings is 3. The highest BCUT2D eigenvalue weighted by molar-refractivity contribution is 5.86. The number of fused-ring (bicyclic) bond motifs is 2. The molecular formula is C22H14N2O5. The van der Waals surface area contributed by atoms with Crippen LogP contribution in [0, 0.1) is 10.1 Å². The van der Waals surface area contributed by atoms with Gasteiger partial charge in [-0.15, -0.1) is 0 Å². The first-order chi connectivity index (χ1) is 14.1. The molecule has 2 heterocycles. The predicted octanol–water partition coefficient (Wildman–Crippen LogP) is 5.82. The van der Waals surface area contributed by atoms with E-state index in [9.17, 15) is 10.1 Å². The number of rotatable bonds is 4. The van der Waals surface area contributed by atoms with E-state index in [4.69, 9.17) is 13.6 Å². The molecule has 0 aliphatic rings. The molecule has 5 aromatic rings. The third kappa shape index (κ3) is 2.89. The summed E-state index contributed by atoms with van der Waals surface area (Å²) < 4.78 is 16.8. The highest BCUT2D eigenvalue weighted by Crippen LogP contribution is 2.34. The molecule has 0 saturated carbocycles. The lowest BCUT2D eigenvalue weighted by Crippen LogP contribution is -1.94. The van der Waals surface area contributed by atoms with E-state index >= 15 is 0 Å². The summed E-state index contributed by atoms with van der Waals surface area (Å²) in [5, 5.41) is 12.3. The summed E-state index contributed by atoms with van der Waals surface area (Å²) in [6.07, 6.45) is 0. The van der Waals surface area contributed by atoms with Gasteiger partial charge in [-0.3, -0.25) is 10.1 Å². The van der Waals surface area contributed by atoms with Crippen molar-refractivity contribution in [1.29, 1.82) is 0 Å². The molecule has 0 aliphatic carbocycles. The average Bonchev–Trinajstić information content (AvgIpc) is 3.36. The van der Waals surface area contributed by atoms with Crippen LogP contribution < -0.4 is 4.74 Å².